The lowest BCUT2D eigenvalue weighted by Crippen LogP contribution is -2.16. The van der Waals surface area contributed by atoms with Crippen LogP contribution in [0.2, 0.25) is 0 Å². The number of aliphatic hydroxyl groups excluding tert-OH is 2. The van der Waals surface area contributed by atoms with E-state index in [4.69, 9.17) is 14.9 Å². The number of hydrogen-bond donors (Lipinski definition) is 4. The molecule has 1 aromatic carbocycles. The first-order valence-electron chi connectivity index (χ1n) is 7.99. The van der Waals surface area contributed by atoms with E-state index in [2.05, 4.69) is 0 Å². The molecule has 0 amide bonds. The number of ether oxygens (including phenoxy) is 1. The van der Waals surface area contributed by atoms with Crippen LogP contribution >= 0.6 is 0 Å². The summed E-state index contributed by atoms with van der Waals surface area (Å²) in [6.07, 6.45) is 1.62. The number of rotatable bonds is 11. The first-order chi connectivity index (χ1) is 12.2. The summed E-state index contributed by atoms with van der Waals surface area (Å²) in [5.74, 6) is -2.38. The van der Waals surface area contributed by atoms with Gasteiger partial charge in [0.25, 0.3) is 10.1 Å². The van der Waals surface area contributed by atoms with Crippen LogP contribution in [0.1, 0.15) is 52.0 Å². The molecule has 0 aromatic heterocycles. The Bertz CT molecular complexity index is 740. The summed E-state index contributed by atoms with van der Waals surface area (Å²) in [6.45, 7) is -0.230. The van der Waals surface area contributed by atoms with Crippen molar-refractivity contribution in [1.82, 2.24) is 0 Å². The highest BCUT2D eigenvalue weighted by molar-refractivity contribution is 7.85. The highest BCUT2D eigenvalue weighted by Gasteiger charge is 2.24. The van der Waals surface area contributed by atoms with E-state index < -0.39 is 32.5 Å². The van der Waals surface area contributed by atoms with Gasteiger partial charge in [-0.1, -0.05) is 0 Å². The monoisotopic (exact) mass is 390 g/mol. The molecule has 0 heterocycles. The molecule has 146 valence electrons. The van der Waals surface area contributed by atoms with Gasteiger partial charge in [0.15, 0.2) is 0 Å². The average molecular weight is 390 g/mol. The Labute approximate surface area is 151 Å². The smallest absolute Gasteiger partial charge is 0.338 e. The Morgan fingerprint density at radius 3 is 2.08 bits per heavy atom. The van der Waals surface area contributed by atoms with Crippen LogP contribution in [0.3, 0.4) is 0 Å². The summed E-state index contributed by atoms with van der Waals surface area (Å²) in [4.78, 5) is 23.1. The highest BCUT2D eigenvalue weighted by atomic mass is 32.2. The maximum absolute atomic E-state index is 12.3. The van der Waals surface area contributed by atoms with Crippen LogP contribution in [-0.2, 0) is 21.3 Å². The maximum Gasteiger partial charge on any atom is 0.338 e. The summed E-state index contributed by atoms with van der Waals surface area (Å²) < 4.78 is 37.0. The SMILES string of the molecule is O=C(O)c1cc(S(=O)(=O)O)cc(C(=O)OCCCCO)c1CCCCO. The van der Waals surface area contributed by atoms with Crippen LogP contribution in [0.25, 0.3) is 0 Å². The molecule has 0 aliphatic carbocycles. The van der Waals surface area contributed by atoms with Gasteiger partial charge in [0, 0.05) is 13.2 Å². The topological polar surface area (TPSA) is 158 Å². The molecule has 0 saturated heterocycles. The van der Waals surface area contributed by atoms with E-state index in [9.17, 15) is 27.7 Å². The highest BCUT2D eigenvalue weighted by Crippen LogP contribution is 2.24. The zero-order chi connectivity index (χ0) is 19.7. The standard InChI is InChI=1S/C16H22O9S/c17-6-2-1-5-12-13(15(19)20)9-11(26(22,23)24)10-14(12)16(21)25-8-4-3-7-18/h9-10,17-18H,1-8H2,(H,19,20)(H,22,23,24). The quantitative estimate of drug-likeness (QED) is 0.244. The molecular formula is C16H22O9S. The van der Waals surface area contributed by atoms with E-state index in [1.54, 1.807) is 0 Å². The Morgan fingerprint density at radius 2 is 1.54 bits per heavy atom. The molecule has 0 aliphatic rings. The van der Waals surface area contributed by atoms with Crippen molar-refractivity contribution in [3.63, 3.8) is 0 Å². The average Bonchev–Trinajstić information content (AvgIpc) is 2.57. The molecule has 1 rings (SSSR count). The van der Waals surface area contributed by atoms with Crippen molar-refractivity contribution in [3.05, 3.63) is 28.8 Å². The molecule has 0 saturated carbocycles. The van der Waals surface area contributed by atoms with Crippen molar-refractivity contribution in [1.29, 1.82) is 0 Å². The van der Waals surface area contributed by atoms with Gasteiger partial charge in [0.2, 0.25) is 0 Å². The predicted octanol–water partition coefficient (Wildman–Crippen LogP) is 0.876. The van der Waals surface area contributed by atoms with Crippen LogP contribution in [-0.4, -0.2) is 60.0 Å². The molecule has 0 spiro atoms. The number of carboxylic acid groups (broad SMARTS) is 1. The second kappa shape index (κ2) is 10.2. The van der Waals surface area contributed by atoms with Crippen molar-refractivity contribution in [2.75, 3.05) is 19.8 Å². The fraction of sp³-hybridized carbons (Fsp3) is 0.500. The first kappa shape index (κ1) is 22.0. The Morgan fingerprint density at radius 1 is 0.962 bits per heavy atom. The molecule has 26 heavy (non-hydrogen) atoms. The normalized spacial score (nSPS) is 11.3. The van der Waals surface area contributed by atoms with Crippen LogP contribution in [0.4, 0.5) is 0 Å². The Balaban J connectivity index is 3.33. The Kier molecular flexibility index (Phi) is 8.66. The molecule has 0 aliphatic heterocycles. The number of carbonyl (C=O) groups is 2. The van der Waals surface area contributed by atoms with Crippen molar-refractivity contribution >= 4 is 22.1 Å². The van der Waals surface area contributed by atoms with Gasteiger partial charge in [-0.05, 0) is 49.8 Å². The number of benzene rings is 1. The molecular weight excluding hydrogens is 368 g/mol. The van der Waals surface area contributed by atoms with E-state index in [0.717, 1.165) is 12.1 Å². The van der Waals surface area contributed by atoms with E-state index in [-0.39, 0.29) is 37.4 Å². The van der Waals surface area contributed by atoms with Gasteiger partial charge in [0.05, 0.1) is 22.6 Å². The molecule has 10 heteroatoms. The minimum atomic E-state index is -4.73. The molecule has 0 bridgehead atoms. The number of carbonyl (C=O) groups excluding carboxylic acids is 1. The van der Waals surface area contributed by atoms with E-state index in [1.807, 2.05) is 0 Å². The van der Waals surface area contributed by atoms with Crippen molar-refractivity contribution in [2.24, 2.45) is 0 Å². The van der Waals surface area contributed by atoms with Gasteiger partial charge in [-0.25, -0.2) is 9.59 Å². The molecule has 0 fully saturated rings. The van der Waals surface area contributed by atoms with E-state index >= 15 is 0 Å². The largest absolute Gasteiger partial charge is 0.478 e. The Hall–Kier alpha value is -2.01. The van der Waals surface area contributed by atoms with Crippen molar-refractivity contribution in [3.8, 4) is 0 Å². The van der Waals surface area contributed by atoms with E-state index in [1.165, 1.54) is 0 Å². The summed E-state index contributed by atoms with van der Waals surface area (Å²) in [5, 5.41) is 27.0. The molecule has 4 N–H and O–H groups in total. The number of carboxylic acids is 1. The molecule has 0 radical (unpaired) electrons. The minimum absolute atomic E-state index is 0.0337. The van der Waals surface area contributed by atoms with Gasteiger partial charge in [-0.15, -0.1) is 0 Å². The molecule has 0 atom stereocenters. The maximum atomic E-state index is 12.3. The third kappa shape index (κ3) is 6.37. The van der Waals surface area contributed by atoms with Gasteiger partial charge in [0.1, 0.15) is 0 Å². The fourth-order valence-corrected chi connectivity index (χ4v) is 2.84. The third-order valence-electron chi connectivity index (χ3n) is 3.59. The summed E-state index contributed by atoms with van der Waals surface area (Å²) in [6, 6.07) is 1.67. The van der Waals surface area contributed by atoms with Gasteiger partial charge >= 0.3 is 11.9 Å². The van der Waals surface area contributed by atoms with Gasteiger partial charge < -0.3 is 20.1 Å². The van der Waals surface area contributed by atoms with E-state index in [0.29, 0.717) is 25.7 Å². The molecule has 9 nitrogen and oxygen atoms in total. The number of unbranched alkanes of at least 4 members (excludes halogenated alkanes) is 2. The third-order valence-corrected chi connectivity index (χ3v) is 4.42. The number of aromatic carboxylic acids is 1. The van der Waals surface area contributed by atoms with Crippen LogP contribution in [0.5, 0.6) is 0 Å². The van der Waals surface area contributed by atoms with Crippen LogP contribution in [0.15, 0.2) is 17.0 Å². The summed E-state index contributed by atoms with van der Waals surface area (Å²) in [7, 11) is -4.73. The number of esters is 1. The molecule has 1 aromatic rings. The number of hydrogen-bond acceptors (Lipinski definition) is 7. The first-order valence-corrected chi connectivity index (χ1v) is 9.43. The zero-order valence-corrected chi connectivity index (χ0v) is 14.9. The van der Waals surface area contributed by atoms with Crippen LogP contribution < -0.4 is 0 Å². The van der Waals surface area contributed by atoms with Gasteiger partial charge in [-0.3, -0.25) is 4.55 Å². The predicted molar refractivity (Wildman–Crippen MR) is 89.8 cm³/mol. The molecule has 0 unspecified atom stereocenters. The zero-order valence-electron chi connectivity index (χ0n) is 14.0. The second-order valence-corrected chi connectivity index (χ2v) is 6.95. The lowest BCUT2D eigenvalue weighted by Gasteiger charge is -2.14. The van der Waals surface area contributed by atoms with Crippen molar-refractivity contribution < 1.29 is 42.6 Å². The lowest BCUT2D eigenvalue weighted by molar-refractivity contribution is 0.0491. The van der Waals surface area contributed by atoms with Crippen LogP contribution in [0, 0.1) is 0 Å². The minimum Gasteiger partial charge on any atom is -0.478 e. The van der Waals surface area contributed by atoms with Crippen molar-refractivity contribution in [2.45, 2.75) is 37.0 Å². The van der Waals surface area contributed by atoms with Gasteiger partial charge in [-0.2, -0.15) is 8.42 Å². The summed E-state index contributed by atoms with van der Waals surface area (Å²) >= 11 is 0. The second-order valence-electron chi connectivity index (χ2n) is 5.52. The lowest BCUT2D eigenvalue weighted by atomic mass is 9.96. The fourth-order valence-electron chi connectivity index (χ4n) is 2.31. The summed E-state index contributed by atoms with van der Waals surface area (Å²) in [5.41, 5.74) is -0.620. The number of aliphatic hydroxyl groups is 2.